The first kappa shape index (κ1) is 12.1. The van der Waals surface area contributed by atoms with E-state index in [-0.39, 0.29) is 12.0 Å². The lowest BCUT2D eigenvalue weighted by molar-refractivity contribution is 0.169. The van der Waals surface area contributed by atoms with E-state index in [0.29, 0.717) is 5.56 Å². The second-order valence-corrected chi connectivity index (χ2v) is 4.75. The maximum Gasteiger partial charge on any atom is 0.134 e. The van der Waals surface area contributed by atoms with Gasteiger partial charge < -0.3 is 5.11 Å². The van der Waals surface area contributed by atoms with Gasteiger partial charge in [-0.25, -0.2) is 8.78 Å². The second kappa shape index (κ2) is 4.89. The summed E-state index contributed by atoms with van der Waals surface area (Å²) in [7, 11) is 0. The average Bonchev–Trinajstić information content (AvgIpc) is 2.77. The molecule has 1 aromatic carbocycles. The van der Waals surface area contributed by atoms with Gasteiger partial charge in [-0.15, -0.1) is 11.3 Å². The Kier molecular flexibility index (Phi) is 3.49. The molecule has 5 heteroatoms. The van der Waals surface area contributed by atoms with Crippen LogP contribution in [0.5, 0.6) is 0 Å². The Morgan fingerprint density at radius 1 is 1.41 bits per heavy atom. The van der Waals surface area contributed by atoms with Crippen molar-refractivity contribution >= 4 is 11.3 Å². The highest BCUT2D eigenvalue weighted by Crippen LogP contribution is 2.26. The molecule has 0 aliphatic carbocycles. The summed E-state index contributed by atoms with van der Waals surface area (Å²) in [6.07, 6.45) is 0.567. The molecule has 0 radical (unpaired) electrons. The molecule has 0 aliphatic heterocycles. The van der Waals surface area contributed by atoms with Crippen molar-refractivity contribution in [3.8, 4) is 0 Å². The van der Waals surface area contributed by atoms with Gasteiger partial charge in [-0.1, -0.05) is 6.07 Å². The van der Waals surface area contributed by atoms with Crippen molar-refractivity contribution in [3.63, 3.8) is 0 Å². The van der Waals surface area contributed by atoms with Gasteiger partial charge in [0, 0.05) is 17.5 Å². The van der Waals surface area contributed by atoms with Crippen molar-refractivity contribution in [1.82, 2.24) is 4.98 Å². The van der Waals surface area contributed by atoms with E-state index in [1.807, 2.05) is 0 Å². The lowest BCUT2D eigenvalue weighted by Crippen LogP contribution is -2.07. The molecular formula is C12H11F2NOS. The first-order valence-electron chi connectivity index (χ1n) is 5.09. The van der Waals surface area contributed by atoms with Crippen molar-refractivity contribution in [2.75, 3.05) is 0 Å². The van der Waals surface area contributed by atoms with E-state index in [1.54, 1.807) is 11.7 Å². The van der Waals surface area contributed by atoms with E-state index in [1.165, 1.54) is 30.4 Å². The van der Waals surface area contributed by atoms with Gasteiger partial charge in [0.15, 0.2) is 0 Å². The van der Waals surface area contributed by atoms with Gasteiger partial charge in [0.05, 0.1) is 17.2 Å². The number of rotatable bonds is 3. The van der Waals surface area contributed by atoms with Crippen LogP contribution >= 0.6 is 11.3 Å². The summed E-state index contributed by atoms with van der Waals surface area (Å²) in [4.78, 5) is 4.64. The highest BCUT2D eigenvalue weighted by atomic mass is 32.1. The normalized spacial score (nSPS) is 12.7. The molecule has 90 valence electrons. The molecule has 2 rings (SSSR count). The zero-order valence-electron chi connectivity index (χ0n) is 9.15. The van der Waals surface area contributed by atoms with Crippen LogP contribution in [0, 0.1) is 18.6 Å². The number of benzene rings is 1. The number of aryl methyl sites for hydroxylation is 1. The number of thiazole rings is 1. The van der Waals surface area contributed by atoms with Crippen molar-refractivity contribution in [2.24, 2.45) is 0 Å². The lowest BCUT2D eigenvalue weighted by Gasteiger charge is -2.13. The zero-order valence-corrected chi connectivity index (χ0v) is 9.97. The third-order valence-corrected chi connectivity index (χ3v) is 3.33. The summed E-state index contributed by atoms with van der Waals surface area (Å²) in [6.45, 7) is 1.54. The monoisotopic (exact) mass is 255 g/mol. The van der Waals surface area contributed by atoms with Gasteiger partial charge in [-0.2, -0.15) is 0 Å². The molecule has 2 nitrogen and oxygen atoms in total. The Bertz CT molecular complexity index is 513. The topological polar surface area (TPSA) is 33.1 Å². The van der Waals surface area contributed by atoms with Crippen LogP contribution in [0.25, 0.3) is 0 Å². The SMILES string of the molecule is Cc1ccc(F)c(C(O)Cc2cncs2)c1F. The average molecular weight is 255 g/mol. The van der Waals surface area contributed by atoms with Gasteiger partial charge in [-0.3, -0.25) is 4.98 Å². The first-order chi connectivity index (χ1) is 8.09. The summed E-state index contributed by atoms with van der Waals surface area (Å²) in [5.74, 6) is -1.40. The molecule has 1 aromatic heterocycles. The molecule has 2 aromatic rings. The van der Waals surface area contributed by atoms with Crippen LogP contribution in [0.1, 0.15) is 22.1 Å². The fourth-order valence-corrected chi connectivity index (χ4v) is 2.25. The molecule has 1 heterocycles. The number of aliphatic hydroxyl groups excluding tert-OH is 1. The number of halogens is 2. The van der Waals surface area contributed by atoms with Crippen molar-refractivity contribution < 1.29 is 13.9 Å². The third kappa shape index (κ3) is 2.50. The standard InChI is InChI=1S/C12H11F2NOS/c1-7-2-3-9(13)11(12(7)14)10(16)4-8-5-15-6-17-8/h2-3,5-6,10,16H,4H2,1H3. The van der Waals surface area contributed by atoms with Crippen LogP contribution in [0.3, 0.4) is 0 Å². The summed E-state index contributed by atoms with van der Waals surface area (Å²) in [6, 6.07) is 2.53. The summed E-state index contributed by atoms with van der Waals surface area (Å²) in [5, 5.41) is 9.88. The van der Waals surface area contributed by atoms with E-state index in [4.69, 9.17) is 0 Å². The minimum absolute atomic E-state index is 0.169. The third-order valence-electron chi connectivity index (χ3n) is 2.53. The predicted octanol–water partition coefficient (Wildman–Crippen LogP) is 3.01. The van der Waals surface area contributed by atoms with Crippen molar-refractivity contribution in [2.45, 2.75) is 19.4 Å². The molecule has 0 aliphatic rings. The highest BCUT2D eigenvalue weighted by molar-refractivity contribution is 7.09. The highest BCUT2D eigenvalue weighted by Gasteiger charge is 2.20. The Morgan fingerprint density at radius 3 is 2.82 bits per heavy atom. The molecule has 0 spiro atoms. The van der Waals surface area contributed by atoms with Crippen LogP contribution in [0.2, 0.25) is 0 Å². The van der Waals surface area contributed by atoms with Crippen LogP contribution in [-0.2, 0) is 6.42 Å². The number of aliphatic hydroxyl groups is 1. The second-order valence-electron chi connectivity index (χ2n) is 3.78. The Labute approximate surface area is 102 Å². The lowest BCUT2D eigenvalue weighted by atomic mass is 10.0. The molecular weight excluding hydrogens is 244 g/mol. The predicted molar refractivity (Wildman–Crippen MR) is 61.9 cm³/mol. The molecule has 1 atom stereocenters. The van der Waals surface area contributed by atoms with Crippen molar-refractivity contribution in [3.05, 3.63) is 51.5 Å². The molecule has 17 heavy (non-hydrogen) atoms. The maximum atomic E-state index is 13.7. The number of hydrogen-bond acceptors (Lipinski definition) is 3. The number of aromatic nitrogens is 1. The Hall–Kier alpha value is -1.33. The van der Waals surface area contributed by atoms with E-state index in [2.05, 4.69) is 4.98 Å². The molecule has 0 fully saturated rings. The van der Waals surface area contributed by atoms with Crippen LogP contribution in [0.4, 0.5) is 8.78 Å². The number of nitrogens with zero attached hydrogens (tertiary/aromatic N) is 1. The zero-order chi connectivity index (χ0) is 12.4. The molecule has 1 unspecified atom stereocenters. The minimum atomic E-state index is -1.18. The summed E-state index contributed by atoms with van der Waals surface area (Å²) < 4.78 is 27.2. The van der Waals surface area contributed by atoms with Gasteiger partial charge in [0.1, 0.15) is 11.6 Å². The largest absolute Gasteiger partial charge is 0.388 e. The van der Waals surface area contributed by atoms with Crippen molar-refractivity contribution in [1.29, 1.82) is 0 Å². The first-order valence-corrected chi connectivity index (χ1v) is 5.97. The molecule has 0 bridgehead atoms. The smallest absolute Gasteiger partial charge is 0.134 e. The van der Waals surface area contributed by atoms with Gasteiger partial charge in [0.25, 0.3) is 0 Å². The van der Waals surface area contributed by atoms with E-state index in [9.17, 15) is 13.9 Å². The van der Waals surface area contributed by atoms with Gasteiger partial charge in [0.2, 0.25) is 0 Å². The minimum Gasteiger partial charge on any atom is -0.388 e. The number of hydrogen-bond donors (Lipinski definition) is 1. The van der Waals surface area contributed by atoms with Crippen LogP contribution < -0.4 is 0 Å². The fraction of sp³-hybridized carbons (Fsp3) is 0.250. The maximum absolute atomic E-state index is 13.7. The summed E-state index contributed by atoms with van der Waals surface area (Å²) in [5.41, 5.74) is 1.67. The molecule has 1 N–H and O–H groups in total. The summed E-state index contributed by atoms with van der Waals surface area (Å²) >= 11 is 1.35. The molecule has 0 amide bonds. The van der Waals surface area contributed by atoms with E-state index < -0.39 is 17.7 Å². The fourth-order valence-electron chi connectivity index (χ4n) is 1.62. The van der Waals surface area contributed by atoms with E-state index in [0.717, 1.165) is 4.88 Å². The van der Waals surface area contributed by atoms with Crippen LogP contribution in [0.15, 0.2) is 23.8 Å². The Morgan fingerprint density at radius 2 is 2.18 bits per heavy atom. The van der Waals surface area contributed by atoms with Gasteiger partial charge in [-0.05, 0) is 18.6 Å². The molecule has 0 saturated heterocycles. The van der Waals surface area contributed by atoms with Gasteiger partial charge >= 0.3 is 0 Å². The quantitative estimate of drug-likeness (QED) is 0.914. The van der Waals surface area contributed by atoms with E-state index >= 15 is 0 Å². The van der Waals surface area contributed by atoms with Crippen LogP contribution in [-0.4, -0.2) is 10.1 Å². The Balaban J connectivity index is 2.30. The molecule has 0 saturated carbocycles.